The number of rotatable bonds is 4. The Balaban J connectivity index is 2.56. The van der Waals surface area contributed by atoms with Crippen LogP contribution in [-0.4, -0.2) is 18.2 Å². The van der Waals surface area contributed by atoms with E-state index in [9.17, 15) is 0 Å². The van der Waals surface area contributed by atoms with Gasteiger partial charge in [0, 0.05) is 13.1 Å². The zero-order chi connectivity index (χ0) is 8.10. The Morgan fingerprint density at radius 3 is 2.91 bits per heavy atom. The average molecular weight is 153 g/mol. The number of hydrogen-bond donors (Lipinski definition) is 0. The van der Waals surface area contributed by atoms with Crippen molar-refractivity contribution in [3.8, 4) is 0 Å². The summed E-state index contributed by atoms with van der Waals surface area (Å²) >= 11 is 0. The van der Waals surface area contributed by atoms with E-state index in [0.29, 0.717) is 0 Å². The van der Waals surface area contributed by atoms with Gasteiger partial charge in [0.15, 0.2) is 6.20 Å². The van der Waals surface area contributed by atoms with Gasteiger partial charge >= 0.3 is 0 Å². The second kappa shape index (κ2) is 4.01. The molecule has 0 bridgehead atoms. The normalized spacial score (nSPS) is 10.0. The lowest BCUT2D eigenvalue weighted by atomic mass is 10.4. The highest BCUT2D eigenvalue weighted by atomic mass is 16.5. The van der Waals surface area contributed by atoms with E-state index < -0.39 is 0 Å². The molecule has 0 aliphatic heterocycles. The third-order valence-corrected chi connectivity index (χ3v) is 1.59. The van der Waals surface area contributed by atoms with E-state index in [1.165, 1.54) is 0 Å². The molecule has 0 unspecified atom stereocenters. The fourth-order valence-electron chi connectivity index (χ4n) is 1.04. The molecule has 0 aliphatic carbocycles. The van der Waals surface area contributed by atoms with Crippen molar-refractivity contribution in [3.63, 3.8) is 0 Å². The van der Waals surface area contributed by atoms with Crippen LogP contribution in [0, 0.1) is 6.20 Å². The van der Waals surface area contributed by atoms with E-state index in [2.05, 4.69) is 30.1 Å². The second-order valence-electron chi connectivity index (χ2n) is 2.39. The van der Waals surface area contributed by atoms with Crippen molar-refractivity contribution >= 4 is 5.69 Å². The van der Waals surface area contributed by atoms with E-state index in [1.807, 2.05) is 0 Å². The van der Waals surface area contributed by atoms with E-state index in [0.717, 1.165) is 25.2 Å². The molecule has 0 aliphatic rings. The standard InChI is InChI=1S/C8H13N2O/c1-3-5-10(4-2)8-6-9-11-7-8/h7H,3-5H2,1-2H3. The molecule has 11 heavy (non-hydrogen) atoms. The Morgan fingerprint density at radius 1 is 1.64 bits per heavy atom. The van der Waals surface area contributed by atoms with E-state index >= 15 is 0 Å². The maximum absolute atomic E-state index is 4.70. The van der Waals surface area contributed by atoms with E-state index in [4.69, 9.17) is 4.52 Å². The van der Waals surface area contributed by atoms with Crippen molar-refractivity contribution in [1.29, 1.82) is 0 Å². The van der Waals surface area contributed by atoms with Crippen LogP contribution in [0.2, 0.25) is 0 Å². The molecule has 1 rings (SSSR count). The van der Waals surface area contributed by atoms with Crippen molar-refractivity contribution in [2.75, 3.05) is 18.0 Å². The Morgan fingerprint density at radius 2 is 2.45 bits per heavy atom. The SMILES string of the molecule is CCCN(CC)c1[c]noc1. The molecule has 1 aromatic heterocycles. The van der Waals surface area contributed by atoms with Crippen molar-refractivity contribution in [2.45, 2.75) is 20.3 Å². The average Bonchev–Trinajstić information content (AvgIpc) is 2.52. The Bertz CT molecular complexity index is 184. The first kappa shape index (κ1) is 8.11. The van der Waals surface area contributed by atoms with Crippen molar-refractivity contribution < 1.29 is 4.52 Å². The molecule has 1 radical (unpaired) electrons. The molecule has 1 heterocycles. The van der Waals surface area contributed by atoms with Crippen LogP contribution in [-0.2, 0) is 0 Å². The molecule has 3 nitrogen and oxygen atoms in total. The molecule has 0 aromatic carbocycles. The highest BCUT2D eigenvalue weighted by Gasteiger charge is 2.04. The minimum Gasteiger partial charge on any atom is -0.367 e. The maximum Gasteiger partial charge on any atom is 0.161 e. The number of aromatic nitrogens is 1. The molecule has 0 spiro atoms. The summed E-state index contributed by atoms with van der Waals surface area (Å²) in [4.78, 5) is 2.18. The van der Waals surface area contributed by atoms with Crippen LogP contribution in [0.3, 0.4) is 0 Å². The highest BCUT2D eigenvalue weighted by Crippen LogP contribution is 2.10. The smallest absolute Gasteiger partial charge is 0.161 e. The molecule has 0 N–H and O–H groups in total. The summed E-state index contributed by atoms with van der Waals surface area (Å²) in [6, 6.07) is 0. The second-order valence-corrected chi connectivity index (χ2v) is 2.39. The van der Waals surface area contributed by atoms with Gasteiger partial charge in [-0.25, -0.2) is 0 Å². The van der Waals surface area contributed by atoms with Gasteiger partial charge in [0.1, 0.15) is 12.0 Å². The van der Waals surface area contributed by atoms with Crippen molar-refractivity contribution in [3.05, 3.63) is 12.5 Å². The predicted octanol–water partition coefficient (Wildman–Crippen LogP) is 1.71. The van der Waals surface area contributed by atoms with Crippen LogP contribution in [0.1, 0.15) is 20.3 Å². The first-order chi connectivity index (χ1) is 5.38. The summed E-state index contributed by atoms with van der Waals surface area (Å²) in [5, 5.41) is 3.53. The highest BCUT2D eigenvalue weighted by molar-refractivity contribution is 5.39. The lowest BCUT2D eigenvalue weighted by molar-refractivity contribution is 0.418. The van der Waals surface area contributed by atoms with Crippen molar-refractivity contribution in [1.82, 2.24) is 5.16 Å². The third-order valence-electron chi connectivity index (χ3n) is 1.59. The maximum atomic E-state index is 4.70. The summed E-state index contributed by atoms with van der Waals surface area (Å²) in [6.07, 6.45) is 5.54. The van der Waals surface area contributed by atoms with E-state index in [1.54, 1.807) is 6.26 Å². The van der Waals surface area contributed by atoms with Gasteiger partial charge in [0.25, 0.3) is 0 Å². The lowest BCUT2D eigenvalue weighted by Crippen LogP contribution is -2.22. The summed E-state index contributed by atoms with van der Waals surface area (Å²) in [5.41, 5.74) is 0.953. The van der Waals surface area contributed by atoms with Crippen LogP contribution in [0.4, 0.5) is 5.69 Å². The van der Waals surface area contributed by atoms with Gasteiger partial charge in [-0.15, -0.1) is 0 Å². The summed E-state index contributed by atoms with van der Waals surface area (Å²) in [6.45, 7) is 6.27. The van der Waals surface area contributed by atoms with Crippen LogP contribution >= 0.6 is 0 Å². The van der Waals surface area contributed by atoms with Gasteiger partial charge in [0.2, 0.25) is 0 Å². The minimum absolute atomic E-state index is 0.953. The van der Waals surface area contributed by atoms with Crippen LogP contribution < -0.4 is 4.90 Å². The third kappa shape index (κ3) is 1.97. The van der Waals surface area contributed by atoms with Gasteiger partial charge in [-0.2, -0.15) is 0 Å². The molecule has 0 saturated carbocycles. The van der Waals surface area contributed by atoms with Gasteiger partial charge in [-0.3, -0.25) is 0 Å². The topological polar surface area (TPSA) is 29.3 Å². The van der Waals surface area contributed by atoms with Crippen molar-refractivity contribution in [2.24, 2.45) is 0 Å². The molecular formula is C8H13N2O. The van der Waals surface area contributed by atoms with Gasteiger partial charge in [-0.1, -0.05) is 12.1 Å². The Hall–Kier alpha value is -0.990. The van der Waals surface area contributed by atoms with Crippen LogP contribution in [0.15, 0.2) is 10.8 Å². The molecule has 61 valence electrons. The molecule has 0 amide bonds. The minimum atomic E-state index is 0.953. The van der Waals surface area contributed by atoms with Crippen LogP contribution in [0.5, 0.6) is 0 Å². The largest absolute Gasteiger partial charge is 0.367 e. The molecular weight excluding hydrogens is 140 g/mol. The van der Waals surface area contributed by atoms with Crippen LogP contribution in [0.25, 0.3) is 0 Å². The van der Waals surface area contributed by atoms with Gasteiger partial charge < -0.3 is 9.42 Å². The Labute approximate surface area is 67.0 Å². The quantitative estimate of drug-likeness (QED) is 0.659. The summed E-state index contributed by atoms with van der Waals surface area (Å²) in [5.74, 6) is 0. The monoisotopic (exact) mass is 153 g/mol. The molecule has 1 aromatic rings. The molecule has 3 heteroatoms. The fourth-order valence-corrected chi connectivity index (χ4v) is 1.04. The molecule has 0 fully saturated rings. The zero-order valence-corrected chi connectivity index (χ0v) is 7.00. The van der Waals surface area contributed by atoms with E-state index in [-0.39, 0.29) is 0 Å². The first-order valence-electron chi connectivity index (χ1n) is 3.95. The van der Waals surface area contributed by atoms with Gasteiger partial charge in [0.05, 0.1) is 0 Å². The molecule has 0 saturated heterocycles. The zero-order valence-electron chi connectivity index (χ0n) is 7.00. The molecule has 0 atom stereocenters. The summed E-state index contributed by atoms with van der Waals surface area (Å²) in [7, 11) is 0. The fraction of sp³-hybridized carbons (Fsp3) is 0.625. The number of hydrogen-bond acceptors (Lipinski definition) is 3. The predicted molar refractivity (Wildman–Crippen MR) is 43.5 cm³/mol. The lowest BCUT2D eigenvalue weighted by Gasteiger charge is -2.18. The summed E-state index contributed by atoms with van der Waals surface area (Å²) < 4.78 is 4.70. The van der Waals surface area contributed by atoms with Gasteiger partial charge in [-0.05, 0) is 13.3 Å². The number of nitrogens with zero attached hydrogens (tertiary/aromatic N) is 2. The first-order valence-corrected chi connectivity index (χ1v) is 3.95. The number of anilines is 1. The Kier molecular flexibility index (Phi) is 2.95.